The van der Waals surface area contributed by atoms with Crippen LogP contribution in [0.4, 0.5) is 17.1 Å². The second-order valence-corrected chi connectivity index (χ2v) is 9.26. The van der Waals surface area contributed by atoms with Crippen LogP contribution in [0.15, 0.2) is 102 Å². The van der Waals surface area contributed by atoms with E-state index in [9.17, 15) is 34.6 Å². The number of hydrogen-bond donors (Lipinski definition) is 2. The van der Waals surface area contributed by atoms with Gasteiger partial charge in [-0.3, -0.25) is 29.8 Å². The summed E-state index contributed by atoms with van der Waals surface area (Å²) in [4.78, 5) is 58.2. The minimum absolute atomic E-state index is 0.0249. The van der Waals surface area contributed by atoms with Crippen molar-refractivity contribution < 1.29 is 29.0 Å². The zero-order valence-electron chi connectivity index (χ0n) is 22.4. The van der Waals surface area contributed by atoms with Crippen molar-refractivity contribution in [2.24, 2.45) is 5.10 Å². The monoisotopic (exact) mass is 613 g/mol. The van der Waals surface area contributed by atoms with E-state index in [1.807, 2.05) is 0 Å². The van der Waals surface area contributed by atoms with Crippen molar-refractivity contribution in [1.29, 1.82) is 0 Å². The summed E-state index contributed by atoms with van der Waals surface area (Å²) in [5.74, 6) is -1.89. The molecular formula is C30H20ClN5O8. The molecule has 0 aliphatic rings. The van der Waals surface area contributed by atoms with Crippen molar-refractivity contribution >= 4 is 58.7 Å². The van der Waals surface area contributed by atoms with Crippen LogP contribution in [0.1, 0.15) is 31.8 Å². The fraction of sp³-hybridized carbons (Fsp3) is 0. The zero-order valence-corrected chi connectivity index (χ0v) is 23.1. The number of nitro benzene ring substituents is 2. The molecule has 2 amide bonds. The van der Waals surface area contributed by atoms with Crippen molar-refractivity contribution in [1.82, 2.24) is 5.43 Å². The summed E-state index contributed by atoms with van der Waals surface area (Å²) in [6.07, 6.45) is 3.53. The molecule has 13 nitrogen and oxygen atoms in total. The highest BCUT2D eigenvalue weighted by atomic mass is 35.5. The van der Waals surface area contributed by atoms with Gasteiger partial charge in [0.2, 0.25) is 0 Å². The van der Waals surface area contributed by atoms with E-state index in [4.69, 9.17) is 16.3 Å². The SMILES string of the molecule is O=C(/C=C/c1ccc([N+](=O)[O-])cc1)Oc1ccc([N+](=O)[O-])cc1/C=N/NC(=O)c1ccc(NC(=O)c2ccc(Cl)cc2)cc1. The first-order valence-electron chi connectivity index (χ1n) is 12.5. The number of amides is 2. The van der Waals surface area contributed by atoms with Crippen LogP contribution in [0.2, 0.25) is 5.02 Å². The molecule has 220 valence electrons. The number of hydrazone groups is 1. The molecule has 4 rings (SSSR count). The Balaban J connectivity index is 1.40. The normalized spacial score (nSPS) is 10.8. The summed E-state index contributed by atoms with van der Waals surface area (Å²) in [5, 5.41) is 29.1. The molecule has 44 heavy (non-hydrogen) atoms. The molecule has 4 aromatic rings. The van der Waals surface area contributed by atoms with Gasteiger partial charge in [0, 0.05) is 57.7 Å². The number of carbonyl (C=O) groups is 3. The predicted molar refractivity (Wildman–Crippen MR) is 162 cm³/mol. The van der Waals surface area contributed by atoms with E-state index in [-0.39, 0.29) is 34.2 Å². The Hall–Kier alpha value is -6.21. The Kier molecular flexibility index (Phi) is 9.86. The van der Waals surface area contributed by atoms with Crippen LogP contribution < -0.4 is 15.5 Å². The Morgan fingerprint density at radius 1 is 0.773 bits per heavy atom. The number of benzene rings is 4. The number of carbonyl (C=O) groups excluding carboxylic acids is 3. The van der Waals surface area contributed by atoms with Crippen molar-refractivity contribution in [3.05, 3.63) is 145 Å². The molecule has 0 heterocycles. The predicted octanol–water partition coefficient (Wildman–Crippen LogP) is 5.79. The van der Waals surface area contributed by atoms with Crippen molar-refractivity contribution in [2.45, 2.75) is 0 Å². The van der Waals surface area contributed by atoms with Gasteiger partial charge in [0.15, 0.2) is 0 Å². The van der Waals surface area contributed by atoms with E-state index >= 15 is 0 Å². The maximum atomic E-state index is 12.6. The van der Waals surface area contributed by atoms with Gasteiger partial charge in [-0.2, -0.15) is 5.10 Å². The molecule has 0 aliphatic carbocycles. The number of nitro groups is 2. The summed E-state index contributed by atoms with van der Waals surface area (Å²) < 4.78 is 5.29. The summed E-state index contributed by atoms with van der Waals surface area (Å²) in [6, 6.07) is 21.2. The van der Waals surface area contributed by atoms with Crippen LogP contribution in [0.3, 0.4) is 0 Å². The van der Waals surface area contributed by atoms with E-state index in [0.717, 1.165) is 24.4 Å². The highest BCUT2D eigenvalue weighted by Crippen LogP contribution is 2.23. The lowest BCUT2D eigenvalue weighted by atomic mass is 10.1. The summed E-state index contributed by atoms with van der Waals surface area (Å²) in [5.41, 5.74) is 3.43. The summed E-state index contributed by atoms with van der Waals surface area (Å²) in [7, 11) is 0. The molecule has 2 N–H and O–H groups in total. The summed E-state index contributed by atoms with van der Waals surface area (Å²) >= 11 is 5.84. The molecule has 0 fully saturated rings. The fourth-order valence-corrected chi connectivity index (χ4v) is 3.72. The van der Waals surface area contributed by atoms with Gasteiger partial charge in [0.1, 0.15) is 5.75 Å². The smallest absolute Gasteiger partial charge is 0.336 e. The minimum Gasteiger partial charge on any atom is -0.423 e. The molecule has 0 saturated heterocycles. The maximum absolute atomic E-state index is 12.6. The van der Waals surface area contributed by atoms with Crippen molar-refractivity contribution in [3.63, 3.8) is 0 Å². The third-order valence-corrected chi connectivity index (χ3v) is 6.06. The fourth-order valence-electron chi connectivity index (χ4n) is 3.59. The van der Waals surface area contributed by atoms with Gasteiger partial charge in [-0.15, -0.1) is 0 Å². The quantitative estimate of drug-likeness (QED) is 0.0562. The molecular weight excluding hydrogens is 594 g/mol. The number of halogens is 1. The lowest BCUT2D eigenvalue weighted by molar-refractivity contribution is -0.385. The van der Waals surface area contributed by atoms with Crippen molar-refractivity contribution in [2.75, 3.05) is 5.32 Å². The van der Waals surface area contributed by atoms with Gasteiger partial charge in [-0.25, -0.2) is 10.2 Å². The third kappa shape index (κ3) is 8.41. The number of ether oxygens (including phenoxy) is 1. The standard InChI is InChI=1S/C30H20ClN5O8/c31-23-8-4-20(5-9-23)29(38)33-24-10-6-21(7-11-24)30(39)34-32-18-22-17-26(36(42)43)14-15-27(22)44-28(37)16-3-19-1-12-25(13-2-19)35(40)41/h1-18H,(H,33,38)(H,34,39)/b16-3+,32-18+. The molecule has 0 aromatic heterocycles. The minimum atomic E-state index is -0.834. The number of non-ortho nitro benzene ring substituents is 2. The first-order chi connectivity index (χ1) is 21.1. The molecule has 4 aromatic carbocycles. The van der Waals surface area contributed by atoms with E-state index in [0.29, 0.717) is 21.8 Å². The highest BCUT2D eigenvalue weighted by Gasteiger charge is 2.14. The number of rotatable bonds is 10. The average Bonchev–Trinajstić information content (AvgIpc) is 3.01. The van der Waals surface area contributed by atoms with Gasteiger partial charge < -0.3 is 10.1 Å². The van der Waals surface area contributed by atoms with Gasteiger partial charge in [0.25, 0.3) is 23.2 Å². The zero-order chi connectivity index (χ0) is 31.6. The lowest BCUT2D eigenvalue weighted by Crippen LogP contribution is -2.18. The van der Waals surface area contributed by atoms with Gasteiger partial charge in [-0.1, -0.05) is 11.6 Å². The lowest BCUT2D eigenvalue weighted by Gasteiger charge is -2.07. The number of anilines is 1. The van der Waals surface area contributed by atoms with Crippen LogP contribution in [-0.2, 0) is 4.79 Å². The van der Waals surface area contributed by atoms with Crippen LogP contribution in [0.25, 0.3) is 6.08 Å². The Labute approximate surface area is 253 Å². The molecule has 0 spiro atoms. The molecule has 0 radical (unpaired) electrons. The molecule has 0 atom stereocenters. The maximum Gasteiger partial charge on any atom is 0.336 e. The van der Waals surface area contributed by atoms with E-state index < -0.39 is 21.7 Å². The number of nitrogens with one attached hydrogen (secondary N) is 2. The van der Waals surface area contributed by atoms with Crippen LogP contribution in [0.5, 0.6) is 5.75 Å². The largest absolute Gasteiger partial charge is 0.423 e. The second kappa shape index (κ2) is 14.1. The van der Waals surface area contributed by atoms with Gasteiger partial charge in [0.05, 0.1) is 16.1 Å². The van der Waals surface area contributed by atoms with E-state index in [1.165, 1.54) is 60.7 Å². The van der Waals surface area contributed by atoms with Crippen molar-refractivity contribution in [3.8, 4) is 5.75 Å². The van der Waals surface area contributed by atoms with E-state index in [1.54, 1.807) is 24.3 Å². The van der Waals surface area contributed by atoms with Gasteiger partial charge >= 0.3 is 5.97 Å². The van der Waals surface area contributed by atoms with Gasteiger partial charge in [-0.05, 0) is 78.4 Å². The van der Waals surface area contributed by atoms with Crippen LogP contribution in [-0.4, -0.2) is 33.8 Å². The first kappa shape index (κ1) is 30.7. The Morgan fingerprint density at radius 2 is 1.36 bits per heavy atom. The second-order valence-electron chi connectivity index (χ2n) is 8.82. The molecule has 0 unspecified atom stereocenters. The third-order valence-electron chi connectivity index (χ3n) is 5.81. The summed E-state index contributed by atoms with van der Waals surface area (Å²) in [6.45, 7) is 0. The average molecular weight is 614 g/mol. The van der Waals surface area contributed by atoms with Crippen LogP contribution >= 0.6 is 11.6 Å². The molecule has 0 saturated carbocycles. The molecule has 0 aliphatic heterocycles. The number of hydrogen-bond acceptors (Lipinski definition) is 9. The van der Waals surface area contributed by atoms with E-state index in [2.05, 4.69) is 15.8 Å². The Bertz CT molecular complexity index is 1790. The Morgan fingerprint density at radius 3 is 2.00 bits per heavy atom. The molecule has 0 bridgehead atoms. The number of esters is 1. The topological polar surface area (TPSA) is 183 Å². The van der Waals surface area contributed by atoms with Crippen LogP contribution in [0, 0.1) is 20.2 Å². The molecule has 14 heteroatoms. The first-order valence-corrected chi connectivity index (χ1v) is 12.9. The highest BCUT2D eigenvalue weighted by molar-refractivity contribution is 6.30. The number of nitrogens with zero attached hydrogens (tertiary/aromatic N) is 3.